The number of nitrogens with one attached hydrogen (secondary N) is 2. The fourth-order valence-electron chi connectivity index (χ4n) is 2.59. The van der Waals surface area contributed by atoms with E-state index in [1.165, 1.54) is 31.2 Å². The molecule has 0 spiro atoms. The van der Waals surface area contributed by atoms with Gasteiger partial charge in [0.05, 0.1) is 11.4 Å². The number of halogens is 1. The third-order valence-electron chi connectivity index (χ3n) is 3.87. The fourth-order valence-corrected chi connectivity index (χ4v) is 2.59. The maximum Gasteiger partial charge on any atom is 0.308 e. The summed E-state index contributed by atoms with van der Waals surface area (Å²) in [6.07, 6.45) is 0. The molecule has 29 heavy (non-hydrogen) atoms. The van der Waals surface area contributed by atoms with E-state index < -0.39 is 23.6 Å². The van der Waals surface area contributed by atoms with Crippen molar-refractivity contribution in [1.82, 2.24) is 0 Å². The minimum atomic E-state index is -0.521. The van der Waals surface area contributed by atoms with E-state index in [0.29, 0.717) is 11.4 Å². The van der Waals surface area contributed by atoms with Crippen LogP contribution in [0.25, 0.3) is 0 Å². The fraction of sp³-hybridized carbons (Fsp3) is 0.0455. The summed E-state index contributed by atoms with van der Waals surface area (Å²) in [6.45, 7) is 1.27. The predicted octanol–water partition coefficient (Wildman–Crippen LogP) is 4.26. The Morgan fingerprint density at radius 1 is 0.759 bits per heavy atom. The van der Waals surface area contributed by atoms with Gasteiger partial charge >= 0.3 is 5.97 Å². The Hall–Kier alpha value is -4.00. The number of amides is 2. The number of rotatable bonds is 5. The number of hydrogen-bond acceptors (Lipinski definition) is 4. The minimum Gasteiger partial charge on any atom is -0.427 e. The van der Waals surface area contributed by atoms with Crippen molar-refractivity contribution in [2.45, 2.75) is 6.92 Å². The van der Waals surface area contributed by atoms with Gasteiger partial charge in [-0.3, -0.25) is 14.4 Å². The van der Waals surface area contributed by atoms with Crippen LogP contribution >= 0.6 is 0 Å². The smallest absolute Gasteiger partial charge is 0.308 e. The largest absolute Gasteiger partial charge is 0.427 e. The van der Waals surface area contributed by atoms with Gasteiger partial charge in [-0.05, 0) is 48.5 Å². The molecule has 0 aliphatic rings. The Morgan fingerprint density at radius 2 is 1.31 bits per heavy atom. The van der Waals surface area contributed by atoms with Crippen LogP contribution in [0.1, 0.15) is 27.6 Å². The molecule has 0 unspecified atom stereocenters. The number of para-hydroxylation sites is 2. The second-order valence-corrected chi connectivity index (χ2v) is 6.09. The molecule has 6 nitrogen and oxygen atoms in total. The summed E-state index contributed by atoms with van der Waals surface area (Å²) in [5.41, 5.74) is 1.14. The molecular weight excluding hydrogens is 375 g/mol. The Labute approximate surface area is 166 Å². The summed E-state index contributed by atoms with van der Waals surface area (Å²) in [5.74, 6) is -1.73. The molecule has 0 aliphatic carbocycles. The highest BCUT2D eigenvalue weighted by molar-refractivity contribution is 6.10. The van der Waals surface area contributed by atoms with Crippen molar-refractivity contribution < 1.29 is 23.5 Å². The first-order valence-electron chi connectivity index (χ1n) is 8.68. The average Bonchev–Trinajstić information content (AvgIpc) is 2.69. The summed E-state index contributed by atoms with van der Waals surface area (Å²) in [5, 5.41) is 5.37. The van der Waals surface area contributed by atoms with Gasteiger partial charge in [0.25, 0.3) is 11.8 Å². The van der Waals surface area contributed by atoms with Crippen molar-refractivity contribution in [2.24, 2.45) is 0 Å². The van der Waals surface area contributed by atoms with E-state index in [2.05, 4.69) is 10.6 Å². The second-order valence-electron chi connectivity index (χ2n) is 6.09. The van der Waals surface area contributed by atoms with Gasteiger partial charge in [0.2, 0.25) is 0 Å². The van der Waals surface area contributed by atoms with Crippen molar-refractivity contribution in [3.8, 4) is 5.75 Å². The SMILES string of the molecule is CC(=O)Oc1cccc(C(=O)Nc2ccccc2NC(=O)c2cccc(F)c2)c1. The Bertz CT molecular complexity index is 1080. The zero-order chi connectivity index (χ0) is 20.8. The number of benzene rings is 3. The maximum absolute atomic E-state index is 13.3. The molecule has 0 atom stereocenters. The molecule has 3 aromatic rings. The highest BCUT2D eigenvalue weighted by Crippen LogP contribution is 2.23. The van der Waals surface area contributed by atoms with Gasteiger partial charge in [-0.15, -0.1) is 0 Å². The molecule has 7 heteroatoms. The van der Waals surface area contributed by atoms with Gasteiger partial charge in [0.1, 0.15) is 11.6 Å². The van der Waals surface area contributed by atoms with Crippen molar-refractivity contribution in [3.05, 3.63) is 89.7 Å². The maximum atomic E-state index is 13.3. The Kier molecular flexibility index (Phi) is 5.99. The topological polar surface area (TPSA) is 84.5 Å². The molecule has 2 amide bonds. The predicted molar refractivity (Wildman–Crippen MR) is 106 cm³/mol. The first-order valence-corrected chi connectivity index (χ1v) is 8.68. The lowest BCUT2D eigenvalue weighted by molar-refractivity contribution is -0.131. The summed E-state index contributed by atoms with van der Waals surface area (Å²) >= 11 is 0. The second kappa shape index (κ2) is 8.79. The van der Waals surface area contributed by atoms with Crippen LogP contribution in [-0.2, 0) is 4.79 Å². The molecule has 0 saturated carbocycles. The van der Waals surface area contributed by atoms with E-state index in [1.807, 2.05) is 0 Å². The van der Waals surface area contributed by atoms with Crippen LogP contribution < -0.4 is 15.4 Å². The van der Waals surface area contributed by atoms with Crippen LogP contribution in [0, 0.1) is 5.82 Å². The number of anilines is 2. The molecule has 0 radical (unpaired) electrons. The number of hydrogen-bond donors (Lipinski definition) is 2. The zero-order valence-corrected chi connectivity index (χ0v) is 15.4. The third-order valence-corrected chi connectivity index (χ3v) is 3.87. The molecular formula is C22H17FN2O4. The molecule has 3 rings (SSSR count). The first-order chi connectivity index (χ1) is 13.9. The normalized spacial score (nSPS) is 10.1. The van der Waals surface area contributed by atoms with Gasteiger partial charge < -0.3 is 15.4 Å². The Morgan fingerprint density at radius 3 is 1.86 bits per heavy atom. The third kappa shape index (κ3) is 5.26. The summed E-state index contributed by atoms with van der Waals surface area (Å²) in [7, 11) is 0. The quantitative estimate of drug-likeness (QED) is 0.502. The van der Waals surface area contributed by atoms with E-state index in [4.69, 9.17) is 4.74 Å². The van der Waals surface area contributed by atoms with Crippen molar-refractivity contribution >= 4 is 29.2 Å². The summed E-state index contributed by atoms with van der Waals surface area (Å²) < 4.78 is 18.3. The molecule has 0 bridgehead atoms. The molecule has 146 valence electrons. The average molecular weight is 392 g/mol. The highest BCUT2D eigenvalue weighted by Gasteiger charge is 2.13. The summed E-state index contributed by atoms with van der Waals surface area (Å²) in [6, 6.07) is 18.1. The monoisotopic (exact) mass is 392 g/mol. The van der Waals surface area contributed by atoms with Crippen LogP contribution in [-0.4, -0.2) is 17.8 Å². The van der Waals surface area contributed by atoms with Gasteiger partial charge in [-0.25, -0.2) is 4.39 Å². The van der Waals surface area contributed by atoms with Crippen LogP contribution in [0.15, 0.2) is 72.8 Å². The van der Waals surface area contributed by atoms with Crippen LogP contribution in [0.5, 0.6) is 5.75 Å². The van der Waals surface area contributed by atoms with E-state index in [0.717, 1.165) is 6.07 Å². The highest BCUT2D eigenvalue weighted by atomic mass is 19.1. The van der Waals surface area contributed by atoms with Crippen LogP contribution in [0.2, 0.25) is 0 Å². The van der Waals surface area contributed by atoms with Crippen LogP contribution in [0.4, 0.5) is 15.8 Å². The molecule has 0 aromatic heterocycles. The van der Waals surface area contributed by atoms with E-state index in [9.17, 15) is 18.8 Å². The lowest BCUT2D eigenvalue weighted by atomic mass is 10.1. The number of carbonyl (C=O) groups is 3. The minimum absolute atomic E-state index is 0.153. The Balaban J connectivity index is 1.78. The summed E-state index contributed by atoms with van der Waals surface area (Å²) in [4.78, 5) is 36.1. The van der Waals surface area contributed by atoms with E-state index in [-0.39, 0.29) is 16.9 Å². The standard InChI is InChI=1S/C22H17FN2O4/c1-14(26)29-18-9-5-7-16(13-18)22(28)25-20-11-3-2-10-19(20)24-21(27)15-6-4-8-17(23)12-15/h2-13H,1H3,(H,24,27)(H,25,28). The number of carbonyl (C=O) groups excluding carboxylic acids is 3. The number of esters is 1. The van der Waals surface area contributed by atoms with Gasteiger partial charge in [0.15, 0.2) is 0 Å². The van der Waals surface area contributed by atoms with Crippen molar-refractivity contribution in [2.75, 3.05) is 10.6 Å². The molecule has 2 N–H and O–H groups in total. The van der Waals surface area contributed by atoms with Gasteiger partial charge in [-0.1, -0.05) is 24.3 Å². The van der Waals surface area contributed by atoms with Gasteiger partial charge in [0, 0.05) is 18.1 Å². The molecule has 3 aromatic carbocycles. The lowest BCUT2D eigenvalue weighted by Gasteiger charge is -2.13. The van der Waals surface area contributed by atoms with E-state index >= 15 is 0 Å². The number of ether oxygens (including phenoxy) is 1. The lowest BCUT2D eigenvalue weighted by Crippen LogP contribution is -2.17. The van der Waals surface area contributed by atoms with Crippen molar-refractivity contribution in [1.29, 1.82) is 0 Å². The van der Waals surface area contributed by atoms with Gasteiger partial charge in [-0.2, -0.15) is 0 Å². The molecule has 0 fully saturated rings. The molecule has 0 heterocycles. The van der Waals surface area contributed by atoms with E-state index in [1.54, 1.807) is 42.5 Å². The first kappa shape index (κ1) is 19.8. The molecule has 0 saturated heterocycles. The zero-order valence-electron chi connectivity index (χ0n) is 15.4. The molecule has 0 aliphatic heterocycles. The van der Waals surface area contributed by atoms with Crippen molar-refractivity contribution in [3.63, 3.8) is 0 Å². The van der Waals surface area contributed by atoms with Crippen LogP contribution in [0.3, 0.4) is 0 Å².